The van der Waals surface area contributed by atoms with Gasteiger partial charge in [-0.25, -0.2) is 0 Å². The first-order valence-corrected chi connectivity index (χ1v) is 9.24. The lowest BCUT2D eigenvalue weighted by Crippen LogP contribution is -2.38. The lowest BCUT2D eigenvalue weighted by molar-refractivity contribution is 0.0374. The number of thiophene rings is 1. The molecule has 22 heavy (non-hydrogen) atoms. The number of amides is 1. The maximum absolute atomic E-state index is 12.3. The van der Waals surface area contributed by atoms with Crippen molar-refractivity contribution in [2.75, 3.05) is 39.4 Å². The third kappa shape index (κ3) is 4.09. The van der Waals surface area contributed by atoms with Crippen LogP contribution in [0.25, 0.3) is 0 Å². The second-order valence-corrected chi connectivity index (χ2v) is 7.61. The zero-order valence-corrected chi connectivity index (χ0v) is 14.2. The van der Waals surface area contributed by atoms with E-state index >= 15 is 0 Å². The molecule has 0 unspecified atom stereocenters. The lowest BCUT2D eigenvalue weighted by Gasteiger charge is -2.26. The van der Waals surface area contributed by atoms with Gasteiger partial charge in [-0.15, -0.1) is 11.3 Å². The standard InChI is InChI=1S/C17H26N2O2S/c1-13-3-4-15-14(11-13)12-16(22-15)17(20)18-5-2-6-19-7-9-21-10-8-19/h12-13H,2-11H2,1H3,(H,18,20)/t13-/m1/s1. The molecule has 1 fully saturated rings. The van der Waals surface area contributed by atoms with Crippen LogP contribution in [-0.2, 0) is 17.6 Å². The molecule has 3 rings (SSSR count). The van der Waals surface area contributed by atoms with Gasteiger partial charge in [-0.3, -0.25) is 9.69 Å². The molecule has 1 aromatic heterocycles. The molecule has 1 aliphatic heterocycles. The van der Waals surface area contributed by atoms with Crippen molar-refractivity contribution in [1.29, 1.82) is 0 Å². The number of hydrogen-bond donors (Lipinski definition) is 1. The molecule has 2 heterocycles. The van der Waals surface area contributed by atoms with Crippen LogP contribution in [0.1, 0.15) is 39.9 Å². The Kier molecular flexibility index (Phi) is 5.50. The molecule has 0 spiro atoms. The number of carbonyl (C=O) groups excluding carboxylic acids is 1. The predicted octanol–water partition coefficient (Wildman–Crippen LogP) is 2.33. The Bertz CT molecular complexity index is 509. The summed E-state index contributed by atoms with van der Waals surface area (Å²) in [5.74, 6) is 0.862. The van der Waals surface area contributed by atoms with Crippen molar-refractivity contribution in [1.82, 2.24) is 10.2 Å². The highest BCUT2D eigenvalue weighted by molar-refractivity contribution is 7.14. The molecular formula is C17H26N2O2S. The smallest absolute Gasteiger partial charge is 0.261 e. The molecule has 0 bridgehead atoms. The van der Waals surface area contributed by atoms with Gasteiger partial charge < -0.3 is 10.1 Å². The Labute approximate surface area is 136 Å². The lowest BCUT2D eigenvalue weighted by atomic mass is 9.90. The minimum absolute atomic E-state index is 0.106. The molecular weight excluding hydrogens is 296 g/mol. The Hall–Kier alpha value is -0.910. The number of fused-ring (bicyclic) bond motifs is 1. The number of nitrogens with zero attached hydrogens (tertiary/aromatic N) is 1. The van der Waals surface area contributed by atoms with Crippen LogP contribution in [0, 0.1) is 5.92 Å². The molecule has 0 radical (unpaired) electrons. The van der Waals surface area contributed by atoms with Gasteiger partial charge in [-0.05, 0) is 49.8 Å². The maximum Gasteiger partial charge on any atom is 0.261 e. The van der Waals surface area contributed by atoms with Crippen molar-refractivity contribution in [3.63, 3.8) is 0 Å². The first-order valence-electron chi connectivity index (χ1n) is 8.42. The summed E-state index contributed by atoms with van der Waals surface area (Å²) >= 11 is 1.69. The maximum atomic E-state index is 12.3. The number of ether oxygens (including phenoxy) is 1. The summed E-state index contributed by atoms with van der Waals surface area (Å²) in [6, 6.07) is 2.12. The molecule has 0 aromatic carbocycles. The summed E-state index contributed by atoms with van der Waals surface area (Å²) < 4.78 is 5.34. The average Bonchev–Trinajstić information content (AvgIpc) is 2.95. The van der Waals surface area contributed by atoms with Gasteiger partial charge in [-0.1, -0.05) is 6.92 Å². The fourth-order valence-corrected chi connectivity index (χ4v) is 4.36. The molecule has 1 atom stereocenters. The van der Waals surface area contributed by atoms with Gasteiger partial charge in [0.2, 0.25) is 0 Å². The molecule has 1 aliphatic carbocycles. The van der Waals surface area contributed by atoms with E-state index in [0.717, 1.165) is 69.5 Å². The van der Waals surface area contributed by atoms with E-state index in [2.05, 4.69) is 23.2 Å². The largest absolute Gasteiger partial charge is 0.379 e. The number of nitrogens with one attached hydrogen (secondary N) is 1. The van der Waals surface area contributed by atoms with Gasteiger partial charge in [0.25, 0.3) is 5.91 Å². The summed E-state index contributed by atoms with van der Waals surface area (Å²) in [5, 5.41) is 3.07. The van der Waals surface area contributed by atoms with Gasteiger partial charge in [0, 0.05) is 24.5 Å². The Morgan fingerprint density at radius 1 is 1.45 bits per heavy atom. The minimum Gasteiger partial charge on any atom is -0.379 e. The summed E-state index contributed by atoms with van der Waals surface area (Å²) in [7, 11) is 0. The SMILES string of the molecule is C[C@@H]1CCc2sc(C(=O)NCCCN3CCOCC3)cc2C1. The van der Waals surface area contributed by atoms with Gasteiger partial charge in [0.1, 0.15) is 0 Å². The van der Waals surface area contributed by atoms with Crippen molar-refractivity contribution in [3.8, 4) is 0 Å². The number of rotatable bonds is 5. The van der Waals surface area contributed by atoms with E-state index in [1.807, 2.05) is 0 Å². The fourth-order valence-electron chi connectivity index (χ4n) is 3.23. The normalized spacial score (nSPS) is 22.3. The summed E-state index contributed by atoms with van der Waals surface area (Å²) in [4.78, 5) is 17.0. The number of morpholine rings is 1. The van der Waals surface area contributed by atoms with E-state index in [1.54, 1.807) is 11.3 Å². The van der Waals surface area contributed by atoms with Gasteiger partial charge in [-0.2, -0.15) is 0 Å². The molecule has 1 amide bonds. The Balaban J connectivity index is 1.42. The van der Waals surface area contributed by atoms with Crippen molar-refractivity contribution in [3.05, 3.63) is 21.4 Å². The highest BCUT2D eigenvalue weighted by atomic mass is 32.1. The van der Waals surface area contributed by atoms with E-state index in [0.29, 0.717) is 0 Å². The third-order valence-corrected chi connectivity index (χ3v) is 5.83. The number of aryl methyl sites for hydroxylation is 1. The van der Waals surface area contributed by atoms with Crippen LogP contribution >= 0.6 is 11.3 Å². The van der Waals surface area contributed by atoms with Crippen molar-refractivity contribution < 1.29 is 9.53 Å². The van der Waals surface area contributed by atoms with Crippen LogP contribution in [0.2, 0.25) is 0 Å². The van der Waals surface area contributed by atoms with E-state index in [4.69, 9.17) is 4.74 Å². The zero-order chi connectivity index (χ0) is 15.4. The van der Waals surface area contributed by atoms with Crippen molar-refractivity contribution in [2.45, 2.75) is 32.6 Å². The van der Waals surface area contributed by atoms with Gasteiger partial charge in [0.05, 0.1) is 18.1 Å². The fraction of sp³-hybridized carbons (Fsp3) is 0.706. The minimum atomic E-state index is 0.106. The van der Waals surface area contributed by atoms with Gasteiger partial charge in [0.15, 0.2) is 0 Å². The highest BCUT2D eigenvalue weighted by Crippen LogP contribution is 2.32. The number of hydrogen-bond acceptors (Lipinski definition) is 4. The highest BCUT2D eigenvalue weighted by Gasteiger charge is 2.20. The summed E-state index contributed by atoms with van der Waals surface area (Å²) in [5.41, 5.74) is 1.40. The van der Waals surface area contributed by atoms with Crippen LogP contribution in [0.3, 0.4) is 0 Å². The van der Waals surface area contributed by atoms with E-state index < -0.39 is 0 Å². The molecule has 2 aliphatic rings. The van der Waals surface area contributed by atoms with Crippen molar-refractivity contribution >= 4 is 17.2 Å². The second-order valence-electron chi connectivity index (χ2n) is 6.47. The van der Waals surface area contributed by atoms with Gasteiger partial charge >= 0.3 is 0 Å². The quantitative estimate of drug-likeness (QED) is 0.846. The predicted molar refractivity (Wildman–Crippen MR) is 89.7 cm³/mol. The second kappa shape index (κ2) is 7.57. The first-order chi connectivity index (χ1) is 10.7. The monoisotopic (exact) mass is 322 g/mol. The summed E-state index contributed by atoms with van der Waals surface area (Å²) in [6.45, 7) is 7.81. The first kappa shape index (κ1) is 16.0. The van der Waals surface area contributed by atoms with Crippen LogP contribution < -0.4 is 5.32 Å². The summed E-state index contributed by atoms with van der Waals surface area (Å²) in [6.07, 6.45) is 4.55. The number of carbonyl (C=O) groups is 1. The van der Waals surface area contributed by atoms with E-state index in [-0.39, 0.29) is 5.91 Å². The third-order valence-electron chi connectivity index (χ3n) is 4.59. The molecule has 5 heteroatoms. The molecule has 4 nitrogen and oxygen atoms in total. The molecule has 0 saturated carbocycles. The van der Waals surface area contributed by atoms with Crippen LogP contribution in [0.4, 0.5) is 0 Å². The topological polar surface area (TPSA) is 41.6 Å². The molecule has 1 N–H and O–H groups in total. The Morgan fingerprint density at radius 3 is 3.09 bits per heavy atom. The Morgan fingerprint density at radius 2 is 2.27 bits per heavy atom. The zero-order valence-electron chi connectivity index (χ0n) is 13.4. The molecule has 1 saturated heterocycles. The average molecular weight is 322 g/mol. The molecule has 122 valence electrons. The molecule has 1 aromatic rings. The van der Waals surface area contributed by atoms with Crippen LogP contribution in [-0.4, -0.2) is 50.2 Å². The van der Waals surface area contributed by atoms with Crippen LogP contribution in [0.15, 0.2) is 6.07 Å². The van der Waals surface area contributed by atoms with E-state index in [9.17, 15) is 4.79 Å². The van der Waals surface area contributed by atoms with Crippen molar-refractivity contribution in [2.24, 2.45) is 5.92 Å². The van der Waals surface area contributed by atoms with E-state index in [1.165, 1.54) is 16.9 Å². The van der Waals surface area contributed by atoms with Crippen LogP contribution in [0.5, 0.6) is 0 Å².